The average molecular weight is 265 g/mol. The first-order valence-electron chi connectivity index (χ1n) is 6.66. The van der Waals surface area contributed by atoms with Gasteiger partial charge in [-0.2, -0.15) is 4.31 Å². The Morgan fingerprint density at radius 1 is 1.17 bits per heavy atom. The summed E-state index contributed by atoms with van der Waals surface area (Å²) in [5.74, 6) is 0.601. The second-order valence-corrected chi connectivity index (χ2v) is 7.37. The number of hydrogen-bond donors (Lipinski definition) is 0. The lowest BCUT2D eigenvalue weighted by Crippen LogP contribution is -2.35. The highest BCUT2D eigenvalue weighted by atomic mass is 32.2. The highest BCUT2D eigenvalue weighted by molar-refractivity contribution is 7.89. The molecule has 0 N–H and O–H groups in total. The lowest BCUT2D eigenvalue weighted by molar-refractivity contribution is 0.388. The lowest BCUT2D eigenvalue weighted by Gasteiger charge is -2.22. The van der Waals surface area contributed by atoms with Crippen LogP contribution in [0, 0.1) is 12.8 Å². The molecule has 1 aromatic rings. The third kappa shape index (κ3) is 2.31. The van der Waals surface area contributed by atoms with Crippen LogP contribution in [0.5, 0.6) is 0 Å². The fourth-order valence-electron chi connectivity index (χ4n) is 2.33. The van der Waals surface area contributed by atoms with Crippen molar-refractivity contribution in [2.75, 3.05) is 6.54 Å². The molecular weight excluding hydrogens is 246 g/mol. The van der Waals surface area contributed by atoms with E-state index < -0.39 is 10.0 Å². The average Bonchev–Trinajstić information content (AvgIpc) is 3.19. The maximum absolute atomic E-state index is 12.7. The summed E-state index contributed by atoms with van der Waals surface area (Å²) in [5, 5.41) is 0. The molecule has 0 unspecified atom stereocenters. The van der Waals surface area contributed by atoms with Gasteiger partial charge in [-0.25, -0.2) is 8.42 Å². The van der Waals surface area contributed by atoms with E-state index in [0.717, 1.165) is 24.9 Å². The highest BCUT2D eigenvalue weighted by Gasteiger charge is 2.41. The molecule has 2 aliphatic carbocycles. The van der Waals surface area contributed by atoms with E-state index in [1.807, 2.05) is 25.1 Å². The summed E-state index contributed by atoms with van der Waals surface area (Å²) in [6.07, 6.45) is 4.43. The van der Waals surface area contributed by atoms with Crippen LogP contribution in [0.1, 0.15) is 31.2 Å². The van der Waals surface area contributed by atoms with Crippen LogP contribution in [0.25, 0.3) is 0 Å². The maximum atomic E-state index is 12.7. The second kappa shape index (κ2) is 4.35. The predicted molar refractivity (Wildman–Crippen MR) is 70.8 cm³/mol. The van der Waals surface area contributed by atoms with Crippen molar-refractivity contribution in [2.45, 2.75) is 43.5 Å². The number of sulfonamides is 1. The SMILES string of the molecule is Cc1ccccc1S(=O)(=O)N(CC1CC1)C1CC1. The zero-order chi connectivity index (χ0) is 12.8. The van der Waals surface area contributed by atoms with E-state index in [2.05, 4.69) is 0 Å². The summed E-state index contributed by atoms with van der Waals surface area (Å²) >= 11 is 0. The van der Waals surface area contributed by atoms with E-state index >= 15 is 0 Å². The first kappa shape index (κ1) is 12.2. The molecule has 1 aromatic carbocycles. The van der Waals surface area contributed by atoms with Crippen molar-refractivity contribution in [1.82, 2.24) is 4.31 Å². The minimum Gasteiger partial charge on any atom is -0.207 e. The van der Waals surface area contributed by atoms with Gasteiger partial charge >= 0.3 is 0 Å². The van der Waals surface area contributed by atoms with Gasteiger partial charge in [-0.15, -0.1) is 0 Å². The van der Waals surface area contributed by atoms with Crippen molar-refractivity contribution in [3.05, 3.63) is 29.8 Å². The molecule has 0 aromatic heterocycles. The first-order valence-corrected chi connectivity index (χ1v) is 8.10. The molecule has 3 rings (SSSR count). The molecule has 0 saturated heterocycles. The first-order chi connectivity index (χ1) is 8.59. The minimum absolute atomic E-state index is 0.259. The van der Waals surface area contributed by atoms with Crippen LogP contribution in [0.3, 0.4) is 0 Å². The molecule has 4 heteroatoms. The molecule has 0 heterocycles. The maximum Gasteiger partial charge on any atom is 0.243 e. The number of aryl methyl sites for hydroxylation is 1. The van der Waals surface area contributed by atoms with Crippen LogP contribution in [0.4, 0.5) is 0 Å². The number of nitrogens with zero attached hydrogens (tertiary/aromatic N) is 1. The molecule has 0 amide bonds. The van der Waals surface area contributed by atoms with E-state index in [9.17, 15) is 8.42 Å². The van der Waals surface area contributed by atoms with Crippen molar-refractivity contribution >= 4 is 10.0 Å². The van der Waals surface area contributed by atoms with Gasteiger partial charge in [0.1, 0.15) is 0 Å². The van der Waals surface area contributed by atoms with Gasteiger partial charge in [0.25, 0.3) is 0 Å². The quantitative estimate of drug-likeness (QED) is 0.820. The van der Waals surface area contributed by atoms with Crippen LogP contribution < -0.4 is 0 Å². The molecule has 2 saturated carbocycles. The third-order valence-electron chi connectivity index (χ3n) is 3.77. The zero-order valence-corrected chi connectivity index (χ0v) is 11.5. The van der Waals surface area contributed by atoms with Crippen LogP contribution >= 0.6 is 0 Å². The molecule has 2 fully saturated rings. The summed E-state index contributed by atoms with van der Waals surface area (Å²) < 4.78 is 27.2. The van der Waals surface area contributed by atoms with Gasteiger partial charge in [-0.05, 0) is 50.2 Å². The molecule has 18 heavy (non-hydrogen) atoms. The van der Waals surface area contributed by atoms with Crippen molar-refractivity contribution in [3.63, 3.8) is 0 Å². The van der Waals surface area contributed by atoms with Gasteiger partial charge in [-0.3, -0.25) is 0 Å². The molecule has 2 aliphatic rings. The Morgan fingerprint density at radius 2 is 1.83 bits per heavy atom. The Kier molecular flexibility index (Phi) is 2.94. The summed E-state index contributed by atoms with van der Waals surface area (Å²) in [4.78, 5) is 0.484. The smallest absolute Gasteiger partial charge is 0.207 e. The normalized spacial score (nSPS) is 20.3. The molecular formula is C14H19NO2S. The van der Waals surface area contributed by atoms with Gasteiger partial charge in [-0.1, -0.05) is 18.2 Å². The third-order valence-corrected chi connectivity index (χ3v) is 5.85. The van der Waals surface area contributed by atoms with Gasteiger partial charge in [0, 0.05) is 12.6 Å². The molecule has 0 atom stereocenters. The lowest BCUT2D eigenvalue weighted by atomic mass is 10.2. The Hall–Kier alpha value is -0.870. The van der Waals surface area contributed by atoms with Crippen molar-refractivity contribution in [1.29, 1.82) is 0 Å². The van der Waals surface area contributed by atoms with Gasteiger partial charge in [0.2, 0.25) is 10.0 Å². The van der Waals surface area contributed by atoms with E-state index in [1.54, 1.807) is 10.4 Å². The number of rotatable bonds is 5. The minimum atomic E-state index is -3.29. The van der Waals surface area contributed by atoms with Crippen LogP contribution in [0.2, 0.25) is 0 Å². The Balaban J connectivity index is 1.93. The van der Waals surface area contributed by atoms with Crippen molar-refractivity contribution in [3.8, 4) is 0 Å². The zero-order valence-electron chi connectivity index (χ0n) is 10.7. The largest absolute Gasteiger partial charge is 0.243 e. The number of hydrogen-bond acceptors (Lipinski definition) is 2. The second-order valence-electron chi connectivity index (χ2n) is 5.51. The van der Waals surface area contributed by atoms with Crippen LogP contribution in [0.15, 0.2) is 29.2 Å². The summed E-state index contributed by atoms with van der Waals surface area (Å²) in [6.45, 7) is 2.59. The Bertz CT molecular complexity index is 545. The topological polar surface area (TPSA) is 37.4 Å². The molecule has 98 valence electrons. The Morgan fingerprint density at radius 3 is 2.39 bits per heavy atom. The summed E-state index contributed by atoms with van der Waals surface area (Å²) in [5.41, 5.74) is 0.846. The highest BCUT2D eigenvalue weighted by Crippen LogP contribution is 2.38. The molecule has 0 aliphatic heterocycles. The molecule has 3 nitrogen and oxygen atoms in total. The van der Waals surface area contributed by atoms with Gasteiger partial charge < -0.3 is 0 Å². The van der Waals surface area contributed by atoms with Gasteiger partial charge in [0.15, 0.2) is 0 Å². The Labute approximate surface area is 109 Å². The van der Waals surface area contributed by atoms with Crippen LogP contribution in [-0.4, -0.2) is 25.3 Å². The molecule has 0 spiro atoms. The summed E-state index contributed by atoms with van der Waals surface area (Å²) in [6, 6.07) is 7.55. The molecule has 0 bridgehead atoms. The predicted octanol–water partition coefficient (Wildman–Crippen LogP) is 2.56. The summed E-state index contributed by atoms with van der Waals surface area (Å²) in [7, 11) is -3.29. The number of benzene rings is 1. The van der Waals surface area contributed by atoms with E-state index in [1.165, 1.54) is 12.8 Å². The monoisotopic (exact) mass is 265 g/mol. The standard InChI is InChI=1S/C14H19NO2S/c1-11-4-2-3-5-14(11)18(16,17)15(13-8-9-13)10-12-6-7-12/h2-5,12-13H,6-10H2,1H3. The molecule has 0 radical (unpaired) electrons. The van der Waals surface area contributed by atoms with E-state index in [0.29, 0.717) is 10.8 Å². The van der Waals surface area contributed by atoms with Crippen molar-refractivity contribution in [2.24, 2.45) is 5.92 Å². The fraction of sp³-hybridized carbons (Fsp3) is 0.571. The van der Waals surface area contributed by atoms with Crippen LogP contribution in [-0.2, 0) is 10.0 Å². The van der Waals surface area contributed by atoms with Gasteiger partial charge in [0.05, 0.1) is 4.90 Å². The van der Waals surface area contributed by atoms with E-state index in [-0.39, 0.29) is 6.04 Å². The van der Waals surface area contributed by atoms with E-state index in [4.69, 9.17) is 0 Å². The fourth-order valence-corrected chi connectivity index (χ4v) is 4.32. The van der Waals surface area contributed by atoms with Crippen molar-refractivity contribution < 1.29 is 8.42 Å².